The van der Waals surface area contributed by atoms with Crippen LogP contribution in [0.3, 0.4) is 0 Å². The number of hydrogen-bond donors (Lipinski definition) is 0. The minimum atomic E-state index is -3.00. The van der Waals surface area contributed by atoms with Gasteiger partial charge in [-0.1, -0.05) is 30.3 Å². The van der Waals surface area contributed by atoms with Gasteiger partial charge in [-0.05, 0) is 29.7 Å². The molecular weight excluding hydrogens is 263 g/mol. The van der Waals surface area contributed by atoms with Gasteiger partial charge in [0.2, 0.25) is 0 Å². The highest BCUT2D eigenvalue weighted by Gasteiger charge is 2.32. The summed E-state index contributed by atoms with van der Waals surface area (Å²) < 4.78 is 43.1. The molecule has 0 bridgehead atoms. The topological polar surface area (TPSA) is 4.93 Å². The van der Waals surface area contributed by atoms with E-state index in [1.54, 1.807) is 36.5 Å². The highest BCUT2D eigenvalue weighted by Crippen LogP contribution is 2.31. The predicted molar refractivity (Wildman–Crippen MR) is 72.2 cm³/mol. The first-order chi connectivity index (χ1) is 9.56. The second kappa shape index (κ2) is 4.71. The van der Waals surface area contributed by atoms with Gasteiger partial charge in [0.05, 0.1) is 12.1 Å². The highest BCUT2D eigenvalue weighted by molar-refractivity contribution is 5.80. The second-order valence-corrected chi connectivity index (χ2v) is 4.72. The summed E-state index contributed by atoms with van der Waals surface area (Å²) in [5.41, 5.74) is 0.429. The molecule has 0 fully saturated rings. The van der Waals surface area contributed by atoms with Gasteiger partial charge in [-0.25, -0.2) is 4.39 Å². The zero-order valence-corrected chi connectivity index (χ0v) is 10.6. The third kappa shape index (κ3) is 2.29. The lowest BCUT2D eigenvalue weighted by Crippen LogP contribution is -2.20. The fraction of sp³-hybridized carbons (Fsp3) is 0.125. The molecular formula is C16H12F3N. The van der Waals surface area contributed by atoms with Crippen LogP contribution < -0.4 is 0 Å². The molecule has 1 nitrogen and oxygen atoms in total. The van der Waals surface area contributed by atoms with Gasteiger partial charge in [0.15, 0.2) is 0 Å². The van der Waals surface area contributed by atoms with E-state index >= 15 is 0 Å². The molecule has 0 amide bonds. The Morgan fingerprint density at radius 1 is 0.950 bits per heavy atom. The van der Waals surface area contributed by atoms with Gasteiger partial charge in [-0.2, -0.15) is 8.78 Å². The first kappa shape index (κ1) is 12.8. The Morgan fingerprint density at radius 2 is 1.70 bits per heavy atom. The van der Waals surface area contributed by atoms with E-state index in [1.165, 1.54) is 28.8 Å². The molecule has 20 heavy (non-hydrogen) atoms. The first-order valence-electron chi connectivity index (χ1n) is 6.24. The molecule has 0 atom stereocenters. The smallest absolute Gasteiger partial charge is 0.290 e. The van der Waals surface area contributed by atoms with Crippen LogP contribution >= 0.6 is 0 Å². The van der Waals surface area contributed by atoms with Crippen molar-refractivity contribution >= 4 is 10.9 Å². The van der Waals surface area contributed by atoms with Crippen molar-refractivity contribution in [1.82, 2.24) is 4.57 Å². The van der Waals surface area contributed by atoms with E-state index in [2.05, 4.69) is 0 Å². The average molecular weight is 275 g/mol. The molecule has 0 radical (unpaired) electrons. The number of fused-ring (bicyclic) bond motifs is 1. The van der Waals surface area contributed by atoms with Gasteiger partial charge in [0.1, 0.15) is 5.82 Å². The van der Waals surface area contributed by atoms with Crippen molar-refractivity contribution < 1.29 is 13.2 Å². The average Bonchev–Trinajstić information content (AvgIpc) is 2.82. The zero-order chi connectivity index (χ0) is 14.2. The zero-order valence-electron chi connectivity index (χ0n) is 10.6. The SMILES string of the molecule is Fc1ccc2ccn(CC(F)(F)c3ccccc3)c2c1. The molecule has 2 aromatic carbocycles. The summed E-state index contributed by atoms with van der Waals surface area (Å²) in [5, 5.41) is 0.746. The molecule has 0 aliphatic rings. The number of rotatable bonds is 3. The van der Waals surface area contributed by atoms with Crippen molar-refractivity contribution in [3.63, 3.8) is 0 Å². The lowest BCUT2D eigenvalue weighted by atomic mass is 10.1. The lowest BCUT2D eigenvalue weighted by molar-refractivity contribution is -0.0211. The normalized spacial score (nSPS) is 11.9. The van der Waals surface area contributed by atoms with Crippen molar-refractivity contribution in [2.24, 2.45) is 0 Å². The van der Waals surface area contributed by atoms with Gasteiger partial charge >= 0.3 is 0 Å². The summed E-state index contributed by atoms with van der Waals surface area (Å²) in [7, 11) is 0. The fourth-order valence-electron chi connectivity index (χ4n) is 2.28. The van der Waals surface area contributed by atoms with Gasteiger partial charge < -0.3 is 4.57 Å². The van der Waals surface area contributed by atoms with E-state index in [0.29, 0.717) is 5.52 Å². The molecule has 0 N–H and O–H groups in total. The van der Waals surface area contributed by atoms with Crippen LogP contribution in [-0.4, -0.2) is 4.57 Å². The third-order valence-electron chi connectivity index (χ3n) is 3.30. The Balaban J connectivity index is 1.99. The number of benzene rings is 2. The summed E-state index contributed by atoms with van der Waals surface area (Å²) in [6, 6.07) is 13.5. The Morgan fingerprint density at radius 3 is 2.45 bits per heavy atom. The van der Waals surface area contributed by atoms with Crippen LogP contribution in [0.1, 0.15) is 5.56 Å². The molecule has 1 aromatic heterocycles. The summed E-state index contributed by atoms with van der Waals surface area (Å²) in [6.45, 7) is -0.510. The van der Waals surface area contributed by atoms with Crippen LogP contribution in [0.2, 0.25) is 0 Å². The summed E-state index contributed by atoms with van der Waals surface area (Å²) >= 11 is 0. The highest BCUT2D eigenvalue weighted by atomic mass is 19.3. The Kier molecular flexibility index (Phi) is 3.01. The molecule has 0 aliphatic carbocycles. The third-order valence-corrected chi connectivity index (χ3v) is 3.30. The number of aromatic nitrogens is 1. The van der Waals surface area contributed by atoms with Gasteiger partial charge in [0.25, 0.3) is 5.92 Å². The largest absolute Gasteiger partial charge is 0.341 e. The van der Waals surface area contributed by atoms with Gasteiger partial charge in [-0.3, -0.25) is 0 Å². The van der Waals surface area contributed by atoms with E-state index in [0.717, 1.165) is 5.39 Å². The standard InChI is InChI=1S/C16H12F3N/c17-14-7-6-12-8-9-20(15(12)10-14)11-16(18,19)13-4-2-1-3-5-13/h1-10H,11H2. The van der Waals surface area contributed by atoms with E-state index < -0.39 is 18.3 Å². The van der Waals surface area contributed by atoms with Crippen LogP contribution in [0.4, 0.5) is 13.2 Å². The van der Waals surface area contributed by atoms with Crippen LogP contribution in [0.25, 0.3) is 10.9 Å². The summed E-state index contributed by atoms with van der Waals surface area (Å²) in [4.78, 5) is 0. The fourth-order valence-corrected chi connectivity index (χ4v) is 2.28. The first-order valence-corrected chi connectivity index (χ1v) is 6.24. The Bertz CT molecular complexity index is 732. The van der Waals surface area contributed by atoms with E-state index in [9.17, 15) is 13.2 Å². The molecule has 0 aliphatic heterocycles. The van der Waals surface area contributed by atoms with E-state index in [4.69, 9.17) is 0 Å². The molecule has 102 valence electrons. The minimum absolute atomic E-state index is 0.0433. The van der Waals surface area contributed by atoms with E-state index in [1.807, 2.05) is 0 Å². The Labute approximate surface area is 114 Å². The van der Waals surface area contributed by atoms with Crippen LogP contribution in [0.15, 0.2) is 60.8 Å². The van der Waals surface area contributed by atoms with Crippen molar-refractivity contribution in [2.75, 3.05) is 0 Å². The van der Waals surface area contributed by atoms with Crippen molar-refractivity contribution in [3.05, 3.63) is 72.2 Å². The number of halogens is 3. The van der Waals surface area contributed by atoms with Gasteiger partial charge in [0, 0.05) is 11.8 Å². The van der Waals surface area contributed by atoms with Crippen LogP contribution in [0.5, 0.6) is 0 Å². The number of alkyl halides is 2. The van der Waals surface area contributed by atoms with E-state index in [-0.39, 0.29) is 5.56 Å². The van der Waals surface area contributed by atoms with Crippen molar-refractivity contribution in [1.29, 1.82) is 0 Å². The molecule has 1 heterocycles. The summed E-state index contributed by atoms with van der Waals surface area (Å²) in [6.07, 6.45) is 1.56. The van der Waals surface area contributed by atoms with Crippen molar-refractivity contribution in [2.45, 2.75) is 12.5 Å². The molecule has 4 heteroatoms. The lowest BCUT2D eigenvalue weighted by Gasteiger charge is -2.18. The quantitative estimate of drug-likeness (QED) is 0.659. The number of nitrogens with zero attached hydrogens (tertiary/aromatic N) is 1. The molecule has 0 unspecified atom stereocenters. The summed E-state index contributed by atoms with van der Waals surface area (Å²) in [5.74, 6) is -3.43. The maximum Gasteiger partial charge on any atom is 0.290 e. The molecule has 0 saturated carbocycles. The maximum atomic E-state index is 14.2. The molecule has 0 spiro atoms. The van der Waals surface area contributed by atoms with Gasteiger partial charge in [-0.15, -0.1) is 0 Å². The molecule has 3 aromatic rings. The minimum Gasteiger partial charge on any atom is -0.341 e. The number of hydrogen-bond acceptors (Lipinski definition) is 0. The monoisotopic (exact) mass is 275 g/mol. The Hall–Kier alpha value is -2.23. The molecule has 0 saturated heterocycles. The van der Waals surface area contributed by atoms with Crippen molar-refractivity contribution in [3.8, 4) is 0 Å². The van der Waals surface area contributed by atoms with Crippen LogP contribution in [0, 0.1) is 5.82 Å². The maximum absolute atomic E-state index is 14.2. The van der Waals surface area contributed by atoms with Crippen LogP contribution in [-0.2, 0) is 12.5 Å². The predicted octanol–water partition coefficient (Wildman–Crippen LogP) is 4.57. The molecule has 3 rings (SSSR count). The second-order valence-electron chi connectivity index (χ2n) is 4.72.